The molecular formula is C13H8ClN3O2S. The van der Waals surface area contributed by atoms with Crippen molar-refractivity contribution in [1.82, 2.24) is 15.0 Å². The number of aromatic carboxylic acids is 1. The van der Waals surface area contributed by atoms with Crippen molar-refractivity contribution in [1.29, 1.82) is 0 Å². The van der Waals surface area contributed by atoms with E-state index < -0.39 is 5.97 Å². The lowest BCUT2D eigenvalue weighted by Crippen LogP contribution is -2.01. The second-order valence-corrected chi connectivity index (χ2v) is 5.35. The third-order valence-corrected chi connectivity index (χ3v) is 3.93. The number of thiophene rings is 1. The van der Waals surface area contributed by atoms with Crippen LogP contribution in [0, 0.1) is 0 Å². The maximum atomic E-state index is 11.1. The van der Waals surface area contributed by atoms with Crippen LogP contribution < -0.4 is 0 Å². The Balaban J connectivity index is 2.02. The summed E-state index contributed by atoms with van der Waals surface area (Å²) in [7, 11) is 0. The summed E-state index contributed by atoms with van der Waals surface area (Å²) < 4.78 is 1.53. The topological polar surface area (TPSA) is 68.0 Å². The molecule has 0 amide bonds. The fraction of sp³-hybridized carbons (Fsp3) is 0. The van der Waals surface area contributed by atoms with Gasteiger partial charge in [0.1, 0.15) is 5.69 Å². The van der Waals surface area contributed by atoms with Crippen molar-refractivity contribution in [3.8, 4) is 16.3 Å². The van der Waals surface area contributed by atoms with Gasteiger partial charge in [-0.1, -0.05) is 22.9 Å². The van der Waals surface area contributed by atoms with Gasteiger partial charge in [0, 0.05) is 0 Å². The molecule has 3 rings (SSSR count). The van der Waals surface area contributed by atoms with E-state index >= 15 is 0 Å². The highest BCUT2D eigenvalue weighted by Crippen LogP contribution is 2.24. The van der Waals surface area contributed by atoms with Gasteiger partial charge in [0.05, 0.1) is 27.3 Å². The van der Waals surface area contributed by atoms with Crippen LogP contribution >= 0.6 is 22.9 Å². The normalized spacial score (nSPS) is 10.7. The first-order chi connectivity index (χ1) is 9.65. The highest BCUT2D eigenvalue weighted by atomic mass is 35.5. The average molecular weight is 306 g/mol. The van der Waals surface area contributed by atoms with Crippen molar-refractivity contribution >= 4 is 28.9 Å². The van der Waals surface area contributed by atoms with Crippen molar-refractivity contribution in [2.24, 2.45) is 0 Å². The summed E-state index contributed by atoms with van der Waals surface area (Å²) in [5.41, 5.74) is 1.38. The Hall–Kier alpha value is -2.18. The fourth-order valence-electron chi connectivity index (χ4n) is 1.75. The van der Waals surface area contributed by atoms with E-state index in [4.69, 9.17) is 16.7 Å². The van der Waals surface area contributed by atoms with Gasteiger partial charge in [-0.2, -0.15) is 0 Å². The van der Waals surface area contributed by atoms with Gasteiger partial charge in [-0.15, -0.1) is 16.4 Å². The van der Waals surface area contributed by atoms with Crippen LogP contribution in [0.25, 0.3) is 16.3 Å². The molecule has 0 unspecified atom stereocenters. The summed E-state index contributed by atoms with van der Waals surface area (Å²) in [4.78, 5) is 12.1. The minimum atomic E-state index is -1.07. The second kappa shape index (κ2) is 5.07. The zero-order valence-electron chi connectivity index (χ0n) is 10.0. The molecule has 3 aromatic rings. The zero-order chi connectivity index (χ0) is 14.1. The van der Waals surface area contributed by atoms with E-state index in [2.05, 4.69) is 10.3 Å². The highest BCUT2D eigenvalue weighted by Gasteiger charge is 2.12. The predicted octanol–water partition coefficient (Wildman–Crippen LogP) is 3.35. The van der Waals surface area contributed by atoms with E-state index in [1.54, 1.807) is 23.6 Å². The van der Waals surface area contributed by atoms with Gasteiger partial charge in [-0.3, -0.25) is 0 Å². The van der Waals surface area contributed by atoms with E-state index in [1.807, 2.05) is 17.5 Å². The van der Waals surface area contributed by atoms with Crippen molar-refractivity contribution < 1.29 is 9.90 Å². The first kappa shape index (κ1) is 12.8. The maximum Gasteiger partial charge on any atom is 0.337 e. The monoisotopic (exact) mass is 305 g/mol. The number of benzene rings is 1. The molecule has 0 spiro atoms. The summed E-state index contributed by atoms with van der Waals surface area (Å²) in [6, 6.07) is 8.58. The van der Waals surface area contributed by atoms with Crippen LogP contribution in [-0.4, -0.2) is 26.1 Å². The molecule has 0 radical (unpaired) electrons. The Kier molecular flexibility index (Phi) is 3.25. The molecule has 0 aliphatic rings. The van der Waals surface area contributed by atoms with E-state index in [9.17, 15) is 4.79 Å². The molecule has 1 aromatic carbocycles. The lowest BCUT2D eigenvalue weighted by molar-refractivity contribution is 0.0697. The van der Waals surface area contributed by atoms with Gasteiger partial charge in [0.25, 0.3) is 0 Å². The van der Waals surface area contributed by atoms with Crippen molar-refractivity contribution in [3.63, 3.8) is 0 Å². The number of halogens is 1. The molecule has 100 valence electrons. The summed E-state index contributed by atoms with van der Waals surface area (Å²) in [5.74, 6) is -1.07. The first-order valence-electron chi connectivity index (χ1n) is 5.64. The molecule has 0 saturated heterocycles. The predicted molar refractivity (Wildman–Crippen MR) is 76.6 cm³/mol. The summed E-state index contributed by atoms with van der Waals surface area (Å²) in [6.07, 6.45) is 1.75. The van der Waals surface area contributed by atoms with Crippen LogP contribution in [0.3, 0.4) is 0 Å². The molecule has 0 aliphatic carbocycles. The quantitative estimate of drug-likeness (QED) is 0.805. The molecule has 0 aliphatic heterocycles. The third-order valence-electron chi connectivity index (χ3n) is 2.71. The molecule has 0 atom stereocenters. The Labute approximate surface area is 123 Å². The van der Waals surface area contributed by atoms with Crippen molar-refractivity contribution in [3.05, 3.63) is 52.5 Å². The molecular weight excluding hydrogens is 298 g/mol. The smallest absolute Gasteiger partial charge is 0.337 e. The van der Waals surface area contributed by atoms with Crippen LogP contribution in [0.2, 0.25) is 5.02 Å². The maximum absolute atomic E-state index is 11.1. The summed E-state index contributed by atoms with van der Waals surface area (Å²) in [5, 5.41) is 19.3. The molecule has 7 heteroatoms. The lowest BCUT2D eigenvalue weighted by Gasteiger charge is -2.03. The van der Waals surface area contributed by atoms with E-state index in [-0.39, 0.29) is 10.6 Å². The molecule has 0 saturated carbocycles. The Morgan fingerprint density at radius 2 is 2.20 bits per heavy atom. The zero-order valence-corrected chi connectivity index (χ0v) is 11.6. The van der Waals surface area contributed by atoms with Gasteiger partial charge in [0.15, 0.2) is 0 Å². The van der Waals surface area contributed by atoms with Gasteiger partial charge >= 0.3 is 5.97 Å². The van der Waals surface area contributed by atoms with Crippen LogP contribution in [0.15, 0.2) is 41.9 Å². The SMILES string of the molecule is O=C(O)c1cc(-n2cc(-c3cccs3)nn2)ccc1Cl. The van der Waals surface area contributed by atoms with E-state index in [0.29, 0.717) is 5.69 Å². The van der Waals surface area contributed by atoms with Gasteiger partial charge in [-0.25, -0.2) is 9.48 Å². The third kappa shape index (κ3) is 2.31. The van der Waals surface area contributed by atoms with E-state index in [1.165, 1.54) is 16.8 Å². The standard InChI is InChI=1S/C13H8ClN3O2S/c14-10-4-3-8(6-9(10)13(18)19)17-7-11(15-16-17)12-2-1-5-20-12/h1-7H,(H,18,19). The van der Waals surface area contributed by atoms with Crippen molar-refractivity contribution in [2.45, 2.75) is 0 Å². The number of aromatic nitrogens is 3. The number of carboxylic acids is 1. The first-order valence-corrected chi connectivity index (χ1v) is 6.90. The number of hydrogen-bond acceptors (Lipinski definition) is 4. The van der Waals surface area contributed by atoms with Crippen LogP contribution in [-0.2, 0) is 0 Å². The van der Waals surface area contributed by atoms with Crippen LogP contribution in [0.1, 0.15) is 10.4 Å². The molecule has 0 bridgehead atoms. The van der Waals surface area contributed by atoms with Gasteiger partial charge < -0.3 is 5.11 Å². The number of nitrogens with zero attached hydrogens (tertiary/aromatic N) is 3. The molecule has 0 fully saturated rings. The van der Waals surface area contributed by atoms with Crippen molar-refractivity contribution in [2.75, 3.05) is 0 Å². The molecule has 1 N–H and O–H groups in total. The van der Waals surface area contributed by atoms with Gasteiger partial charge in [0.2, 0.25) is 0 Å². The Bertz CT molecular complexity index is 768. The van der Waals surface area contributed by atoms with Crippen LogP contribution in [0.5, 0.6) is 0 Å². The Morgan fingerprint density at radius 1 is 1.35 bits per heavy atom. The summed E-state index contributed by atoms with van der Waals surface area (Å²) >= 11 is 7.40. The van der Waals surface area contributed by atoms with Crippen LogP contribution in [0.4, 0.5) is 0 Å². The van der Waals surface area contributed by atoms with E-state index in [0.717, 1.165) is 10.6 Å². The largest absolute Gasteiger partial charge is 0.478 e. The molecule has 2 heterocycles. The summed E-state index contributed by atoms with van der Waals surface area (Å²) in [6.45, 7) is 0. The fourth-order valence-corrected chi connectivity index (χ4v) is 2.62. The lowest BCUT2D eigenvalue weighted by atomic mass is 10.2. The highest BCUT2D eigenvalue weighted by molar-refractivity contribution is 7.13. The second-order valence-electron chi connectivity index (χ2n) is 3.99. The molecule has 5 nitrogen and oxygen atoms in total. The number of carbonyl (C=O) groups is 1. The number of carboxylic acid groups (broad SMARTS) is 1. The number of hydrogen-bond donors (Lipinski definition) is 1. The van der Waals surface area contributed by atoms with Gasteiger partial charge in [-0.05, 0) is 29.6 Å². The molecule has 20 heavy (non-hydrogen) atoms. The Morgan fingerprint density at radius 3 is 2.90 bits per heavy atom. The molecule has 2 aromatic heterocycles. The average Bonchev–Trinajstić information content (AvgIpc) is 3.09. The minimum Gasteiger partial charge on any atom is -0.478 e. The minimum absolute atomic E-state index is 0.0392. The number of rotatable bonds is 3.